The highest BCUT2D eigenvalue weighted by Gasteiger charge is 1.98. The molecule has 1 aromatic rings. The summed E-state index contributed by atoms with van der Waals surface area (Å²) < 4.78 is 0. The summed E-state index contributed by atoms with van der Waals surface area (Å²) in [7, 11) is 0. The molecule has 1 rings (SSSR count). The summed E-state index contributed by atoms with van der Waals surface area (Å²) in [5, 5.41) is 6.86. The first-order valence-electron chi connectivity index (χ1n) is 6.45. The van der Waals surface area contributed by atoms with E-state index < -0.39 is 0 Å². The maximum atomic E-state index is 3.49. The van der Waals surface area contributed by atoms with E-state index in [2.05, 4.69) is 48.7 Å². The summed E-state index contributed by atoms with van der Waals surface area (Å²) in [6.07, 6.45) is 5.23. The number of hydrogen-bond acceptors (Lipinski definition) is 2. The number of unbranched alkanes of at least 4 members (excludes halogenated alkanes) is 3. The molecule has 0 unspecified atom stereocenters. The fourth-order valence-corrected chi connectivity index (χ4v) is 1.76. The minimum absolute atomic E-state index is 0.967. The van der Waals surface area contributed by atoms with Crippen LogP contribution in [0.1, 0.15) is 39.5 Å². The van der Waals surface area contributed by atoms with Crippen molar-refractivity contribution in [3.8, 4) is 0 Å². The van der Waals surface area contributed by atoms with E-state index in [0.717, 1.165) is 13.1 Å². The van der Waals surface area contributed by atoms with E-state index in [1.54, 1.807) is 0 Å². The highest BCUT2D eigenvalue weighted by molar-refractivity contribution is 5.68. The van der Waals surface area contributed by atoms with Crippen LogP contribution >= 0.6 is 0 Å². The van der Waals surface area contributed by atoms with Gasteiger partial charge in [0, 0.05) is 13.1 Å². The molecule has 0 radical (unpaired) electrons. The van der Waals surface area contributed by atoms with Gasteiger partial charge in [0.25, 0.3) is 0 Å². The molecule has 1 aromatic carbocycles. The van der Waals surface area contributed by atoms with Crippen LogP contribution in [-0.4, -0.2) is 13.1 Å². The zero-order valence-corrected chi connectivity index (χ0v) is 10.6. The molecule has 0 aliphatic rings. The average Bonchev–Trinajstić information content (AvgIpc) is 2.31. The summed E-state index contributed by atoms with van der Waals surface area (Å²) in [4.78, 5) is 0. The number of para-hydroxylation sites is 2. The van der Waals surface area contributed by atoms with Gasteiger partial charge >= 0.3 is 0 Å². The molecule has 2 nitrogen and oxygen atoms in total. The van der Waals surface area contributed by atoms with Crippen molar-refractivity contribution in [1.82, 2.24) is 0 Å². The van der Waals surface area contributed by atoms with Gasteiger partial charge in [-0.25, -0.2) is 0 Å². The summed E-state index contributed by atoms with van der Waals surface area (Å²) in [6.45, 7) is 6.41. The molecule has 2 heteroatoms. The van der Waals surface area contributed by atoms with E-state index in [4.69, 9.17) is 0 Å². The molecule has 0 saturated carbocycles. The van der Waals surface area contributed by atoms with Gasteiger partial charge in [-0.2, -0.15) is 0 Å². The minimum atomic E-state index is 0.967. The molecule has 90 valence electrons. The van der Waals surface area contributed by atoms with Crippen LogP contribution in [0.2, 0.25) is 0 Å². The van der Waals surface area contributed by atoms with Gasteiger partial charge in [-0.1, -0.05) is 38.3 Å². The van der Waals surface area contributed by atoms with E-state index in [-0.39, 0.29) is 0 Å². The van der Waals surface area contributed by atoms with Crippen LogP contribution in [0, 0.1) is 0 Å². The lowest BCUT2D eigenvalue weighted by Gasteiger charge is -2.12. The van der Waals surface area contributed by atoms with Gasteiger partial charge in [-0.3, -0.25) is 0 Å². The second-order valence-electron chi connectivity index (χ2n) is 4.06. The topological polar surface area (TPSA) is 24.1 Å². The maximum absolute atomic E-state index is 3.49. The molecular weight excluding hydrogens is 196 g/mol. The molecule has 0 heterocycles. The highest BCUT2D eigenvalue weighted by Crippen LogP contribution is 2.20. The van der Waals surface area contributed by atoms with Gasteiger partial charge in [0.1, 0.15) is 0 Å². The van der Waals surface area contributed by atoms with Crippen LogP contribution in [0.3, 0.4) is 0 Å². The minimum Gasteiger partial charge on any atom is -0.384 e. The van der Waals surface area contributed by atoms with Crippen LogP contribution < -0.4 is 10.6 Å². The first-order chi connectivity index (χ1) is 7.88. The third-order valence-corrected chi connectivity index (χ3v) is 2.64. The molecular formula is C14H24N2. The van der Waals surface area contributed by atoms with Crippen LogP contribution in [0.25, 0.3) is 0 Å². The van der Waals surface area contributed by atoms with Gasteiger partial charge in [0.2, 0.25) is 0 Å². The van der Waals surface area contributed by atoms with Gasteiger partial charge in [-0.15, -0.1) is 0 Å². The smallest absolute Gasteiger partial charge is 0.0575 e. The van der Waals surface area contributed by atoms with E-state index in [1.807, 2.05) is 0 Å². The summed E-state index contributed by atoms with van der Waals surface area (Å²) in [5.41, 5.74) is 2.43. The van der Waals surface area contributed by atoms with E-state index in [0.29, 0.717) is 0 Å². The van der Waals surface area contributed by atoms with E-state index >= 15 is 0 Å². The molecule has 0 aliphatic heterocycles. The fraction of sp³-hybridized carbons (Fsp3) is 0.571. The third kappa shape index (κ3) is 4.56. The maximum Gasteiger partial charge on any atom is 0.0575 e. The zero-order valence-electron chi connectivity index (χ0n) is 10.6. The Hall–Kier alpha value is -1.18. The average molecular weight is 220 g/mol. The van der Waals surface area contributed by atoms with Crippen molar-refractivity contribution in [1.29, 1.82) is 0 Å². The monoisotopic (exact) mass is 220 g/mol. The van der Waals surface area contributed by atoms with Gasteiger partial charge in [0.05, 0.1) is 11.4 Å². The third-order valence-electron chi connectivity index (χ3n) is 2.64. The van der Waals surface area contributed by atoms with Crippen LogP contribution in [0.15, 0.2) is 24.3 Å². The van der Waals surface area contributed by atoms with Crippen molar-refractivity contribution in [2.45, 2.75) is 39.5 Å². The Morgan fingerprint density at radius 2 is 1.56 bits per heavy atom. The lowest BCUT2D eigenvalue weighted by molar-refractivity contribution is 0.685. The Balaban J connectivity index is 2.34. The number of hydrogen-bond donors (Lipinski definition) is 2. The molecule has 2 N–H and O–H groups in total. The highest BCUT2D eigenvalue weighted by atomic mass is 14.9. The summed E-state index contributed by atoms with van der Waals surface area (Å²) in [6, 6.07) is 8.41. The Morgan fingerprint density at radius 3 is 2.19 bits per heavy atom. The van der Waals surface area contributed by atoms with Crippen molar-refractivity contribution >= 4 is 11.4 Å². The van der Waals surface area contributed by atoms with Crippen LogP contribution in [0.5, 0.6) is 0 Å². The lowest BCUT2D eigenvalue weighted by atomic mass is 10.2. The predicted molar refractivity (Wildman–Crippen MR) is 73.2 cm³/mol. The number of nitrogens with one attached hydrogen (secondary N) is 2. The van der Waals surface area contributed by atoms with E-state index in [1.165, 1.54) is 37.1 Å². The first kappa shape index (κ1) is 12.9. The van der Waals surface area contributed by atoms with Crippen molar-refractivity contribution in [3.05, 3.63) is 24.3 Å². The molecule has 0 aliphatic carbocycles. The van der Waals surface area contributed by atoms with Gasteiger partial charge in [-0.05, 0) is 25.5 Å². The molecule has 0 amide bonds. The quantitative estimate of drug-likeness (QED) is 0.644. The van der Waals surface area contributed by atoms with Crippen molar-refractivity contribution < 1.29 is 0 Å². The first-order valence-corrected chi connectivity index (χ1v) is 6.45. The Bertz CT molecular complexity index is 284. The second-order valence-corrected chi connectivity index (χ2v) is 4.06. The number of rotatable bonds is 8. The van der Waals surface area contributed by atoms with Crippen molar-refractivity contribution in [2.24, 2.45) is 0 Å². The molecule has 0 spiro atoms. The van der Waals surface area contributed by atoms with Crippen molar-refractivity contribution in [3.63, 3.8) is 0 Å². The standard InChI is InChI=1S/C14H24N2/c1-3-5-6-9-12-16-14-11-8-7-10-13(14)15-4-2/h7-8,10-11,15-16H,3-6,9,12H2,1-2H3. The second kappa shape index (κ2) is 8.03. The normalized spacial score (nSPS) is 10.1. The SMILES string of the molecule is CCCCCCNc1ccccc1NCC. The number of anilines is 2. The van der Waals surface area contributed by atoms with E-state index in [9.17, 15) is 0 Å². The predicted octanol–water partition coefficient (Wildman–Crippen LogP) is 4.11. The largest absolute Gasteiger partial charge is 0.384 e. The molecule has 16 heavy (non-hydrogen) atoms. The van der Waals surface area contributed by atoms with Gasteiger partial charge < -0.3 is 10.6 Å². The van der Waals surface area contributed by atoms with Gasteiger partial charge in [0.15, 0.2) is 0 Å². The van der Waals surface area contributed by atoms with Crippen LogP contribution in [0.4, 0.5) is 11.4 Å². The Morgan fingerprint density at radius 1 is 0.875 bits per heavy atom. The zero-order chi connectivity index (χ0) is 11.6. The van der Waals surface area contributed by atoms with Crippen LogP contribution in [-0.2, 0) is 0 Å². The summed E-state index contributed by atoms with van der Waals surface area (Å²) in [5.74, 6) is 0. The molecule has 0 saturated heterocycles. The fourth-order valence-electron chi connectivity index (χ4n) is 1.76. The molecule has 0 atom stereocenters. The number of benzene rings is 1. The van der Waals surface area contributed by atoms with Crippen molar-refractivity contribution in [2.75, 3.05) is 23.7 Å². The summed E-state index contributed by atoms with van der Waals surface area (Å²) >= 11 is 0. The molecule has 0 bridgehead atoms. The Labute approximate surface area is 99.5 Å². The Kier molecular flexibility index (Phi) is 6.47. The lowest BCUT2D eigenvalue weighted by Crippen LogP contribution is -2.05. The molecule has 0 fully saturated rings. The molecule has 0 aromatic heterocycles.